The van der Waals surface area contributed by atoms with Crippen LogP contribution in [0, 0.1) is 0 Å². The molecule has 1 atom stereocenters. The predicted molar refractivity (Wildman–Crippen MR) is 61.1 cm³/mol. The first-order valence-corrected chi connectivity index (χ1v) is 5.08. The van der Waals surface area contributed by atoms with Crippen molar-refractivity contribution in [3.8, 4) is 0 Å². The fourth-order valence-corrected chi connectivity index (χ4v) is 1.32. The number of hydrogen-bond donors (Lipinski definition) is 2. The minimum absolute atomic E-state index is 0.368. The molecule has 0 aliphatic carbocycles. The first-order valence-electron chi connectivity index (χ1n) is 5.08. The minimum Gasteiger partial charge on any atom is -0.392 e. The van der Waals surface area contributed by atoms with Crippen LogP contribution >= 0.6 is 0 Å². The van der Waals surface area contributed by atoms with E-state index in [-0.39, 0.29) is 6.10 Å². The number of hydrogen-bond acceptors (Lipinski definition) is 5. The van der Waals surface area contributed by atoms with Gasteiger partial charge in [0.2, 0.25) is 0 Å². The van der Waals surface area contributed by atoms with Crippen molar-refractivity contribution in [1.82, 2.24) is 9.97 Å². The van der Waals surface area contributed by atoms with Gasteiger partial charge in [0, 0.05) is 26.2 Å². The quantitative estimate of drug-likeness (QED) is 0.750. The Balaban J connectivity index is 2.71. The molecule has 1 heterocycles. The largest absolute Gasteiger partial charge is 0.392 e. The van der Waals surface area contributed by atoms with E-state index < -0.39 is 0 Å². The predicted octanol–water partition coefficient (Wildman–Crippen LogP) is 0.725. The van der Waals surface area contributed by atoms with Gasteiger partial charge in [0.25, 0.3) is 0 Å². The van der Waals surface area contributed by atoms with E-state index in [9.17, 15) is 5.11 Å². The Morgan fingerprint density at radius 2 is 2.27 bits per heavy atom. The van der Waals surface area contributed by atoms with E-state index in [0.717, 1.165) is 18.2 Å². The van der Waals surface area contributed by atoms with Crippen LogP contribution < -0.4 is 10.2 Å². The lowest BCUT2D eigenvalue weighted by Gasteiger charge is -2.19. The summed E-state index contributed by atoms with van der Waals surface area (Å²) in [5.41, 5.74) is 0. The van der Waals surface area contributed by atoms with E-state index in [4.69, 9.17) is 0 Å². The third-order valence-corrected chi connectivity index (χ3v) is 1.94. The standard InChI is InChI=1S/C10H18N4O/c1-4-11-9-5-10(13-7-12-9)14(3)6-8(2)15/h5,7-8,15H,4,6H2,1-3H3,(H,11,12,13). The van der Waals surface area contributed by atoms with Crippen LogP contribution in [0.1, 0.15) is 13.8 Å². The second-order valence-corrected chi connectivity index (χ2v) is 3.52. The molecule has 2 N–H and O–H groups in total. The molecular weight excluding hydrogens is 192 g/mol. The normalized spacial score (nSPS) is 12.3. The van der Waals surface area contributed by atoms with Crippen LogP contribution in [0.15, 0.2) is 12.4 Å². The Hall–Kier alpha value is -1.36. The highest BCUT2D eigenvalue weighted by atomic mass is 16.3. The zero-order valence-corrected chi connectivity index (χ0v) is 9.44. The lowest BCUT2D eigenvalue weighted by Crippen LogP contribution is -2.27. The molecule has 1 aromatic rings. The molecule has 1 unspecified atom stereocenters. The maximum Gasteiger partial charge on any atom is 0.133 e. The van der Waals surface area contributed by atoms with Crippen LogP contribution in [0.3, 0.4) is 0 Å². The number of nitrogens with zero attached hydrogens (tertiary/aromatic N) is 3. The summed E-state index contributed by atoms with van der Waals surface area (Å²) in [6.07, 6.45) is 1.15. The van der Waals surface area contributed by atoms with Crippen molar-refractivity contribution in [2.24, 2.45) is 0 Å². The van der Waals surface area contributed by atoms with Crippen LogP contribution in [0.4, 0.5) is 11.6 Å². The SMILES string of the molecule is CCNc1cc(N(C)CC(C)O)ncn1. The molecule has 1 rings (SSSR count). The monoisotopic (exact) mass is 210 g/mol. The van der Waals surface area contributed by atoms with Gasteiger partial charge in [-0.1, -0.05) is 0 Å². The molecule has 0 radical (unpaired) electrons. The summed E-state index contributed by atoms with van der Waals surface area (Å²) in [7, 11) is 1.89. The van der Waals surface area contributed by atoms with Crippen molar-refractivity contribution in [2.75, 3.05) is 30.4 Å². The molecule has 0 spiro atoms. The third-order valence-electron chi connectivity index (χ3n) is 1.94. The Kier molecular flexibility index (Phi) is 4.30. The highest BCUT2D eigenvalue weighted by molar-refractivity contribution is 5.47. The molecular formula is C10H18N4O. The Bertz CT molecular complexity index is 303. The van der Waals surface area contributed by atoms with Crippen molar-refractivity contribution in [3.05, 3.63) is 12.4 Å². The molecule has 5 heteroatoms. The van der Waals surface area contributed by atoms with E-state index in [1.807, 2.05) is 24.9 Å². The van der Waals surface area contributed by atoms with Gasteiger partial charge in [0.1, 0.15) is 18.0 Å². The van der Waals surface area contributed by atoms with Crippen LogP contribution in [0.2, 0.25) is 0 Å². The number of aromatic nitrogens is 2. The van der Waals surface area contributed by atoms with Crippen LogP contribution in [-0.2, 0) is 0 Å². The van der Waals surface area contributed by atoms with Crippen molar-refractivity contribution in [3.63, 3.8) is 0 Å². The molecule has 15 heavy (non-hydrogen) atoms. The van der Waals surface area contributed by atoms with E-state index in [1.165, 1.54) is 6.33 Å². The summed E-state index contributed by atoms with van der Waals surface area (Å²) in [6, 6.07) is 1.87. The lowest BCUT2D eigenvalue weighted by atomic mass is 10.3. The number of rotatable bonds is 5. The summed E-state index contributed by atoms with van der Waals surface area (Å²) in [6.45, 7) is 5.16. The molecule has 84 valence electrons. The molecule has 0 bridgehead atoms. The van der Waals surface area contributed by atoms with Crippen molar-refractivity contribution < 1.29 is 5.11 Å². The van der Waals surface area contributed by atoms with Gasteiger partial charge in [-0.25, -0.2) is 9.97 Å². The van der Waals surface area contributed by atoms with Gasteiger partial charge in [-0.15, -0.1) is 0 Å². The molecule has 0 aromatic carbocycles. The zero-order valence-electron chi connectivity index (χ0n) is 9.44. The molecule has 1 aromatic heterocycles. The average Bonchev–Trinajstić information content (AvgIpc) is 2.17. The summed E-state index contributed by atoms with van der Waals surface area (Å²) < 4.78 is 0. The molecule has 0 amide bonds. The number of nitrogens with one attached hydrogen (secondary N) is 1. The van der Waals surface area contributed by atoms with Gasteiger partial charge < -0.3 is 15.3 Å². The minimum atomic E-state index is -0.368. The Morgan fingerprint density at radius 1 is 1.53 bits per heavy atom. The fourth-order valence-electron chi connectivity index (χ4n) is 1.32. The van der Waals surface area contributed by atoms with Gasteiger partial charge >= 0.3 is 0 Å². The van der Waals surface area contributed by atoms with E-state index in [0.29, 0.717) is 6.54 Å². The van der Waals surface area contributed by atoms with Crippen LogP contribution in [-0.4, -0.2) is 41.3 Å². The highest BCUT2D eigenvalue weighted by Gasteiger charge is 2.06. The topological polar surface area (TPSA) is 61.3 Å². The second kappa shape index (κ2) is 5.50. The molecule has 5 nitrogen and oxygen atoms in total. The smallest absolute Gasteiger partial charge is 0.133 e. The first-order chi connectivity index (χ1) is 7.13. The Labute approximate surface area is 90.2 Å². The van der Waals surface area contributed by atoms with E-state index >= 15 is 0 Å². The summed E-state index contributed by atoms with van der Waals surface area (Å²) in [5, 5.41) is 12.4. The maximum atomic E-state index is 9.26. The van der Waals surface area contributed by atoms with E-state index in [1.54, 1.807) is 6.92 Å². The number of likely N-dealkylation sites (N-methyl/N-ethyl adjacent to an activating group) is 1. The highest BCUT2D eigenvalue weighted by Crippen LogP contribution is 2.12. The summed E-state index contributed by atoms with van der Waals surface area (Å²) in [4.78, 5) is 10.1. The third kappa shape index (κ3) is 3.71. The summed E-state index contributed by atoms with van der Waals surface area (Å²) in [5.74, 6) is 1.61. The van der Waals surface area contributed by atoms with Gasteiger partial charge in [-0.3, -0.25) is 0 Å². The fraction of sp³-hybridized carbons (Fsp3) is 0.600. The van der Waals surface area contributed by atoms with Crippen LogP contribution in [0.25, 0.3) is 0 Å². The molecule has 0 fully saturated rings. The van der Waals surface area contributed by atoms with Crippen molar-refractivity contribution in [2.45, 2.75) is 20.0 Å². The first kappa shape index (κ1) is 11.7. The summed E-state index contributed by atoms with van der Waals surface area (Å²) >= 11 is 0. The lowest BCUT2D eigenvalue weighted by molar-refractivity contribution is 0.201. The van der Waals surface area contributed by atoms with Crippen molar-refractivity contribution >= 4 is 11.6 Å². The Morgan fingerprint density at radius 3 is 2.87 bits per heavy atom. The number of aliphatic hydroxyl groups is 1. The molecule has 0 aliphatic heterocycles. The maximum absolute atomic E-state index is 9.26. The number of aliphatic hydroxyl groups excluding tert-OH is 1. The van der Waals surface area contributed by atoms with Gasteiger partial charge in [0.15, 0.2) is 0 Å². The number of anilines is 2. The second-order valence-electron chi connectivity index (χ2n) is 3.52. The van der Waals surface area contributed by atoms with E-state index in [2.05, 4.69) is 15.3 Å². The molecule has 0 saturated heterocycles. The van der Waals surface area contributed by atoms with Crippen LogP contribution in [0.5, 0.6) is 0 Å². The molecule has 0 aliphatic rings. The van der Waals surface area contributed by atoms with Gasteiger partial charge in [0.05, 0.1) is 6.10 Å². The van der Waals surface area contributed by atoms with Gasteiger partial charge in [-0.2, -0.15) is 0 Å². The average molecular weight is 210 g/mol. The zero-order chi connectivity index (χ0) is 11.3. The van der Waals surface area contributed by atoms with Gasteiger partial charge in [-0.05, 0) is 13.8 Å². The van der Waals surface area contributed by atoms with Crippen molar-refractivity contribution in [1.29, 1.82) is 0 Å². The molecule has 0 saturated carbocycles.